The molecule has 0 spiro atoms. The average molecular weight is 304 g/mol. The predicted molar refractivity (Wildman–Crippen MR) is 84.9 cm³/mol. The van der Waals surface area contributed by atoms with Gasteiger partial charge >= 0.3 is 0 Å². The normalized spacial score (nSPS) is 15.1. The molecule has 5 nitrogen and oxygen atoms in total. The van der Waals surface area contributed by atoms with Crippen LogP contribution in [0.5, 0.6) is 5.75 Å². The molecule has 2 N–H and O–H groups in total. The van der Waals surface area contributed by atoms with Gasteiger partial charge in [0.2, 0.25) is 5.91 Å². The Morgan fingerprint density at radius 1 is 1.09 bits per heavy atom. The Labute approximate surface area is 131 Å². The number of rotatable bonds is 6. The highest BCUT2D eigenvalue weighted by atomic mass is 16.5. The zero-order valence-electron chi connectivity index (χ0n) is 13.1. The van der Waals surface area contributed by atoms with Gasteiger partial charge in [0, 0.05) is 19.0 Å². The largest absolute Gasteiger partial charge is 0.496 e. The lowest BCUT2D eigenvalue weighted by atomic mass is 9.89. The van der Waals surface area contributed by atoms with Crippen LogP contribution >= 0.6 is 0 Å². The van der Waals surface area contributed by atoms with Crippen molar-refractivity contribution in [3.63, 3.8) is 0 Å². The lowest BCUT2D eigenvalue weighted by molar-refractivity contribution is -0.125. The first-order chi connectivity index (χ1) is 10.7. The third kappa shape index (κ3) is 4.48. The molecule has 22 heavy (non-hydrogen) atoms. The van der Waals surface area contributed by atoms with E-state index >= 15 is 0 Å². The summed E-state index contributed by atoms with van der Waals surface area (Å²) in [5.74, 6) is 0.625. The van der Waals surface area contributed by atoms with E-state index < -0.39 is 0 Å². The quantitative estimate of drug-likeness (QED) is 0.791. The standard InChI is InChI=1S/C17H24N2O3/c1-22-15-10-6-5-9-14(15)17(21)19-12-11-18-16(20)13-7-3-2-4-8-13/h5-6,9-10,13H,2-4,7-8,11-12H2,1H3,(H,18,20)(H,19,21). The maximum Gasteiger partial charge on any atom is 0.255 e. The molecule has 120 valence electrons. The Kier molecular flexibility index (Phi) is 6.25. The summed E-state index contributed by atoms with van der Waals surface area (Å²) in [4.78, 5) is 24.0. The van der Waals surface area contributed by atoms with Gasteiger partial charge in [-0.05, 0) is 25.0 Å². The SMILES string of the molecule is COc1ccccc1C(=O)NCCNC(=O)C1CCCCC1. The molecule has 0 unspecified atom stereocenters. The molecule has 5 heteroatoms. The van der Waals surface area contributed by atoms with Crippen molar-refractivity contribution in [3.05, 3.63) is 29.8 Å². The van der Waals surface area contributed by atoms with Crippen molar-refractivity contribution in [2.45, 2.75) is 32.1 Å². The number of benzene rings is 1. The number of ether oxygens (including phenoxy) is 1. The summed E-state index contributed by atoms with van der Waals surface area (Å²) < 4.78 is 5.16. The third-order valence-electron chi connectivity index (χ3n) is 4.04. The van der Waals surface area contributed by atoms with Crippen LogP contribution in [0.25, 0.3) is 0 Å². The molecule has 0 atom stereocenters. The summed E-state index contributed by atoms with van der Waals surface area (Å²) >= 11 is 0. The van der Waals surface area contributed by atoms with Gasteiger partial charge in [-0.15, -0.1) is 0 Å². The highest BCUT2D eigenvalue weighted by Crippen LogP contribution is 2.23. The maximum atomic E-state index is 12.1. The van der Waals surface area contributed by atoms with E-state index in [1.807, 2.05) is 6.07 Å². The monoisotopic (exact) mass is 304 g/mol. The van der Waals surface area contributed by atoms with Gasteiger partial charge in [0.15, 0.2) is 0 Å². The second kappa shape index (κ2) is 8.41. The van der Waals surface area contributed by atoms with Crippen LogP contribution in [0.15, 0.2) is 24.3 Å². The molecular weight excluding hydrogens is 280 g/mol. The van der Waals surface area contributed by atoms with Gasteiger partial charge in [-0.1, -0.05) is 31.4 Å². The van der Waals surface area contributed by atoms with Crippen molar-refractivity contribution in [1.82, 2.24) is 10.6 Å². The molecule has 0 saturated heterocycles. The second-order valence-corrected chi connectivity index (χ2v) is 5.58. The Morgan fingerprint density at radius 3 is 2.50 bits per heavy atom. The highest BCUT2D eigenvalue weighted by Gasteiger charge is 2.20. The molecular formula is C17H24N2O3. The number of para-hydroxylation sites is 1. The lowest BCUT2D eigenvalue weighted by Gasteiger charge is -2.20. The summed E-state index contributed by atoms with van der Waals surface area (Å²) in [7, 11) is 1.54. The number of carbonyl (C=O) groups is 2. The number of hydrogen-bond donors (Lipinski definition) is 2. The molecule has 1 aliphatic carbocycles. The fourth-order valence-corrected chi connectivity index (χ4v) is 2.80. The van der Waals surface area contributed by atoms with Gasteiger partial charge in [0.25, 0.3) is 5.91 Å². The van der Waals surface area contributed by atoms with Crippen molar-refractivity contribution in [2.24, 2.45) is 5.92 Å². The van der Waals surface area contributed by atoms with E-state index in [1.54, 1.807) is 18.2 Å². The number of carbonyl (C=O) groups excluding carboxylic acids is 2. The molecule has 0 radical (unpaired) electrons. The number of hydrogen-bond acceptors (Lipinski definition) is 3. The number of methoxy groups -OCH3 is 1. The van der Waals surface area contributed by atoms with Crippen LogP contribution in [0.4, 0.5) is 0 Å². The molecule has 2 rings (SSSR count). The van der Waals surface area contributed by atoms with Crippen molar-refractivity contribution in [2.75, 3.05) is 20.2 Å². The maximum absolute atomic E-state index is 12.1. The Balaban J connectivity index is 1.72. The van der Waals surface area contributed by atoms with Crippen molar-refractivity contribution >= 4 is 11.8 Å². The second-order valence-electron chi connectivity index (χ2n) is 5.58. The van der Waals surface area contributed by atoms with Gasteiger partial charge in [0.1, 0.15) is 5.75 Å². The van der Waals surface area contributed by atoms with Gasteiger partial charge in [-0.2, -0.15) is 0 Å². The van der Waals surface area contributed by atoms with Crippen molar-refractivity contribution in [3.8, 4) is 5.75 Å². The molecule has 1 aliphatic rings. The first kappa shape index (κ1) is 16.3. The minimum atomic E-state index is -0.190. The smallest absolute Gasteiger partial charge is 0.255 e. The fourth-order valence-electron chi connectivity index (χ4n) is 2.80. The fraction of sp³-hybridized carbons (Fsp3) is 0.529. The van der Waals surface area contributed by atoms with Crippen LogP contribution < -0.4 is 15.4 Å². The van der Waals surface area contributed by atoms with Gasteiger partial charge < -0.3 is 15.4 Å². The summed E-state index contributed by atoms with van der Waals surface area (Å²) in [5.41, 5.74) is 0.503. The van der Waals surface area contributed by atoms with Crippen molar-refractivity contribution in [1.29, 1.82) is 0 Å². The Morgan fingerprint density at radius 2 is 1.77 bits per heavy atom. The number of amides is 2. The van der Waals surface area contributed by atoms with Crippen LogP contribution in [0.3, 0.4) is 0 Å². The first-order valence-electron chi connectivity index (χ1n) is 7.91. The minimum absolute atomic E-state index is 0.117. The molecule has 1 saturated carbocycles. The molecule has 0 heterocycles. The highest BCUT2D eigenvalue weighted by molar-refractivity contribution is 5.96. The predicted octanol–water partition coefficient (Wildman–Crippen LogP) is 2.12. The summed E-state index contributed by atoms with van der Waals surface area (Å²) in [6.45, 7) is 0.867. The van der Waals surface area contributed by atoms with E-state index in [9.17, 15) is 9.59 Å². The molecule has 1 aromatic carbocycles. The van der Waals surface area contributed by atoms with E-state index in [-0.39, 0.29) is 17.7 Å². The van der Waals surface area contributed by atoms with E-state index in [2.05, 4.69) is 10.6 Å². The zero-order valence-corrected chi connectivity index (χ0v) is 13.1. The molecule has 0 aromatic heterocycles. The van der Waals surface area contributed by atoms with Crippen LogP contribution in [-0.2, 0) is 4.79 Å². The van der Waals surface area contributed by atoms with Crippen molar-refractivity contribution < 1.29 is 14.3 Å². The summed E-state index contributed by atoms with van der Waals surface area (Å²) in [5, 5.41) is 5.70. The van der Waals surface area contributed by atoms with E-state index in [1.165, 1.54) is 13.5 Å². The third-order valence-corrected chi connectivity index (χ3v) is 4.04. The first-order valence-corrected chi connectivity index (χ1v) is 7.91. The van der Waals surface area contributed by atoms with Gasteiger partial charge in [0.05, 0.1) is 12.7 Å². The van der Waals surface area contributed by atoms with Crippen LogP contribution in [-0.4, -0.2) is 32.0 Å². The molecule has 1 aromatic rings. The Bertz CT molecular complexity index is 510. The topological polar surface area (TPSA) is 67.4 Å². The zero-order chi connectivity index (χ0) is 15.8. The van der Waals surface area contributed by atoms with Crippen LogP contribution in [0.1, 0.15) is 42.5 Å². The molecule has 0 aliphatic heterocycles. The van der Waals surface area contributed by atoms with Gasteiger partial charge in [-0.25, -0.2) is 0 Å². The van der Waals surface area contributed by atoms with Gasteiger partial charge in [-0.3, -0.25) is 9.59 Å². The van der Waals surface area contributed by atoms with E-state index in [0.29, 0.717) is 24.4 Å². The summed E-state index contributed by atoms with van der Waals surface area (Å²) in [6, 6.07) is 7.08. The number of nitrogens with one attached hydrogen (secondary N) is 2. The van der Waals surface area contributed by atoms with E-state index in [4.69, 9.17) is 4.74 Å². The molecule has 0 bridgehead atoms. The van der Waals surface area contributed by atoms with Crippen LogP contribution in [0, 0.1) is 5.92 Å². The van der Waals surface area contributed by atoms with E-state index in [0.717, 1.165) is 25.7 Å². The summed E-state index contributed by atoms with van der Waals surface area (Å²) in [6.07, 6.45) is 5.49. The average Bonchev–Trinajstić information content (AvgIpc) is 2.59. The minimum Gasteiger partial charge on any atom is -0.496 e. The van der Waals surface area contributed by atoms with Crippen LogP contribution in [0.2, 0.25) is 0 Å². The lowest BCUT2D eigenvalue weighted by Crippen LogP contribution is -2.38. The molecule has 1 fully saturated rings. The molecule has 2 amide bonds. The Hall–Kier alpha value is -2.04.